The zero-order valence-corrected chi connectivity index (χ0v) is 18.6. The van der Waals surface area contributed by atoms with Crippen LogP contribution in [0.1, 0.15) is 43.2 Å². The molecule has 170 valence electrons. The van der Waals surface area contributed by atoms with Crippen LogP contribution in [0.3, 0.4) is 0 Å². The zero-order valence-electron chi connectivity index (χ0n) is 18.6. The number of hydrogen-bond donors (Lipinski definition) is 2. The van der Waals surface area contributed by atoms with Crippen LogP contribution < -0.4 is 10.2 Å². The molecule has 0 bridgehead atoms. The van der Waals surface area contributed by atoms with Gasteiger partial charge in [-0.3, -0.25) is 4.79 Å². The highest BCUT2D eigenvalue weighted by molar-refractivity contribution is 5.76. The van der Waals surface area contributed by atoms with Crippen molar-refractivity contribution in [1.29, 1.82) is 5.26 Å². The maximum Gasteiger partial charge on any atom is 0.304 e. The van der Waals surface area contributed by atoms with Crippen molar-refractivity contribution in [1.82, 2.24) is 4.98 Å². The molecule has 2 aromatic rings. The molecule has 1 aliphatic heterocycles. The van der Waals surface area contributed by atoms with E-state index in [1.54, 1.807) is 19.2 Å². The number of nitrogens with one attached hydrogen (secondary N) is 1. The number of aromatic nitrogens is 1. The number of carboxylic acids is 1. The monoisotopic (exact) mass is 438 g/mol. The standard InChI is InChI=1S/C24H30N4O4/c1-3-28(20-8-10-32-11-9-20)22-6-5-18(19(16-31-2)13-24(29)30)12-21(22)27-23-7-4-17(14-25)15-26-23/h4-7,12,15,19-20H,3,8-11,13,16H2,1-2H3,(H,26,27)(H,29,30)/t19-/m1/s1. The second-order valence-corrected chi connectivity index (χ2v) is 7.83. The van der Waals surface area contributed by atoms with E-state index < -0.39 is 5.97 Å². The number of pyridine rings is 1. The molecule has 1 saturated heterocycles. The summed E-state index contributed by atoms with van der Waals surface area (Å²) >= 11 is 0. The van der Waals surface area contributed by atoms with Gasteiger partial charge in [-0.25, -0.2) is 4.98 Å². The van der Waals surface area contributed by atoms with Gasteiger partial charge in [-0.05, 0) is 49.6 Å². The van der Waals surface area contributed by atoms with Gasteiger partial charge < -0.3 is 24.8 Å². The summed E-state index contributed by atoms with van der Waals surface area (Å²) in [4.78, 5) is 18.1. The number of nitrogens with zero attached hydrogens (tertiary/aromatic N) is 3. The SMILES string of the molecule is CCN(c1ccc([C@@H](COC)CC(=O)O)cc1Nc1ccc(C#N)cn1)C1CCOCC1. The van der Waals surface area contributed by atoms with Crippen molar-refractivity contribution in [3.05, 3.63) is 47.7 Å². The molecular formula is C24H30N4O4. The largest absolute Gasteiger partial charge is 0.481 e. The van der Waals surface area contributed by atoms with Crippen LogP contribution >= 0.6 is 0 Å². The summed E-state index contributed by atoms with van der Waals surface area (Å²) in [7, 11) is 1.58. The highest BCUT2D eigenvalue weighted by Crippen LogP contribution is 2.35. The molecule has 8 nitrogen and oxygen atoms in total. The van der Waals surface area contributed by atoms with E-state index in [0.29, 0.717) is 24.0 Å². The van der Waals surface area contributed by atoms with Crippen molar-refractivity contribution in [2.75, 3.05) is 43.7 Å². The number of methoxy groups -OCH3 is 1. The number of aliphatic carboxylic acids is 1. The van der Waals surface area contributed by atoms with Gasteiger partial charge in [0.2, 0.25) is 0 Å². The molecule has 1 atom stereocenters. The third-order valence-electron chi connectivity index (χ3n) is 5.72. The lowest BCUT2D eigenvalue weighted by molar-refractivity contribution is -0.137. The lowest BCUT2D eigenvalue weighted by atomic mass is 9.95. The normalized spacial score (nSPS) is 15.0. The van der Waals surface area contributed by atoms with E-state index in [9.17, 15) is 9.90 Å². The summed E-state index contributed by atoms with van der Waals surface area (Å²) < 4.78 is 10.8. The number of ether oxygens (including phenoxy) is 2. The van der Waals surface area contributed by atoms with Crippen molar-refractivity contribution in [2.24, 2.45) is 0 Å². The van der Waals surface area contributed by atoms with Crippen LogP contribution in [-0.4, -0.2) is 55.6 Å². The van der Waals surface area contributed by atoms with Gasteiger partial charge in [0.1, 0.15) is 11.9 Å². The second kappa shape index (κ2) is 11.5. The quantitative estimate of drug-likeness (QED) is 0.575. The highest BCUT2D eigenvalue weighted by atomic mass is 16.5. The maximum atomic E-state index is 11.4. The fraction of sp³-hybridized carbons (Fsp3) is 0.458. The molecule has 32 heavy (non-hydrogen) atoms. The van der Waals surface area contributed by atoms with E-state index >= 15 is 0 Å². The minimum absolute atomic E-state index is 0.0147. The second-order valence-electron chi connectivity index (χ2n) is 7.83. The van der Waals surface area contributed by atoms with Crippen molar-refractivity contribution in [2.45, 2.75) is 38.1 Å². The number of carboxylic acid groups (broad SMARTS) is 1. The van der Waals surface area contributed by atoms with E-state index in [1.165, 1.54) is 6.20 Å². The number of nitriles is 1. The van der Waals surface area contributed by atoms with Gasteiger partial charge in [0, 0.05) is 45.0 Å². The third-order valence-corrected chi connectivity index (χ3v) is 5.72. The molecule has 1 aliphatic rings. The van der Waals surface area contributed by atoms with Crippen molar-refractivity contribution in [3.8, 4) is 6.07 Å². The van der Waals surface area contributed by atoms with Crippen molar-refractivity contribution >= 4 is 23.2 Å². The first-order valence-electron chi connectivity index (χ1n) is 10.9. The Hall–Kier alpha value is -3.15. The number of anilines is 3. The Morgan fingerprint density at radius 3 is 2.75 bits per heavy atom. The zero-order chi connectivity index (χ0) is 22.9. The number of rotatable bonds is 10. The lowest BCUT2D eigenvalue weighted by Gasteiger charge is -2.36. The van der Waals surface area contributed by atoms with Crippen LogP contribution in [0, 0.1) is 11.3 Å². The van der Waals surface area contributed by atoms with Crippen LogP contribution in [0.5, 0.6) is 0 Å². The Bertz CT molecular complexity index is 936. The number of benzene rings is 1. The minimum atomic E-state index is -0.864. The predicted octanol–water partition coefficient (Wildman–Crippen LogP) is 3.91. The molecule has 0 radical (unpaired) electrons. The highest BCUT2D eigenvalue weighted by Gasteiger charge is 2.24. The Balaban J connectivity index is 1.99. The summed E-state index contributed by atoms with van der Waals surface area (Å²) in [6, 6.07) is 11.9. The first-order valence-corrected chi connectivity index (χ1v) is 10.9. The van der Waals surface area contributed by atoms with Gasteiger partial charge in [-0.2, -0.15) is 5.26 Å². The molecule has 1 aromatic heterocycles. The first kappa shape index (κ1) is 23.5. The molecule has 1 aromatic carbocycles. The molecule has 0 unspecified atom stereocenters. The van der Waals surface area contributed by atoms with Gasteiger partial charge in [0.25, 0.3) is 0 Å². The van der Waals surface area contributed by atoms with Crippen LogP contribution in [0.15, 0.2) is 36.5 Å². The summed E-state index contributed by atoms with van der Waals surface area (Å²) in [6.45, 7) is 4.76. The summed E-state index contributed by atoms with van der Waals surface area (Å²) in [6.07, 6.45) is 3.42. The summed E-state index contributed by atoms with van der Waals surface area (Å²) in [5, 5.41) is 21.8. The summed E-state index contributed by atoms with van der Waals surface area (Å²) in [5.74, 6) is -0.511. The smallest absolute Gasteiger partial charge is 0.304 e. The predicted molar refractivity (Wildman–Crippen MR) is 122 cm³/mol. The molecule has 8 heteroatoms. The van der Waals surface area contributed by atoms with Crippen molar-refractivity contribution < 1.29 is 19.4 Å². The average molecular weight is 439 g/mol. The molecular weight excluding hydrogens is 408 g/mol. The lowest BCUT2D eigenvalue weighted by Crippen LogP contribution is -2.39. The molecule has 2 heterocycles. The third kappa shape index (κ3) is 5.96. The van der Waals surface area contributed by atoms with Crippen LogP contribution in [0.2, 0.25) is 0 Å². The van der Waals surface area contributed by atoms with Crippen LogP contribution in [0.25, 0.3) is 0 Å². The average Bonchev–Trinajstić information content (AvgIpc) is 2.81. The van der Waals surface area contributed by atoms with Gasteiger partial charge in [0.05, 0.1) is 30.0 Å². The molecule has 0 amide bonds. The Morgan fingerprint density at radius 2 is 2.16 bits per heavy atom. The van der Waals surface area contributed by atoms with E-state index in [4.69, 9.17) is 14.7 Å². The van der Waals surface area contributed by atoms with E-state index in [-0.39, 0.29) is 12.3 Å². The van der Waals surface area contributed by atoms with E-state index in [0.717, 1.165) is 49.5 Å². The van der Waals surface area contributed by atoms with E-state index in [2.05, 4.69) is 28.2 Å². The first-order chi connectivity index (χ1) is 15.5. The fourth-order valence-electron chi connectivity index (χ4n) is 4.14. The van der Waals surface area contributed by atoms with Gasteiger partial charge in [-0.15, -0.1) is 0 Å². The van der Waals surface area contributed by atoms with Gasteiger partial charge in [0.15, 0.2) is 0 Å². The Morgan fingerprint density at radius 1 is 1.38 bits per heavy atom. The maximum absolute atomic E-state index is 11.4. The van der Waals surface area contributed by atoms with Crippen molar-refractivity contribution in [3.63, 3.8) is 0 Å². The molecule has 0 saturated carbocycles. The number of carbonyl (C=O) groups is 1. The van der Waals surface area contributed by atoms with Crippen LogP contribution in [0.4, 0.5) is 17.2 Å². The van der Waals surface area contributed by atoms with Crippen LogP contribution in [-0.2, 0) is 14.3 Å². The Kier molecular flexibility index (Phi) is 8.42. The Labute approximate surface area is 188 Å². The fourth-order valence-corrected chi connectivity index (χ4v) is 4.14. The molecule has 1 fully saturated rings. The summed E-state index contributed by atoms with van der Waals surface area (Å²) in [5.41, 5.74) is 3.25. The molecule has 3 rings (SSSR count). The van der Waals surface area contributed by atoms with E-state index in [1.807, 2.05) is 18.2 Å². The molecule has 2 N–H and O–H groups in total. The van der Waals surface area contributed by atoms with Gasteiger partial charge >= 0.3 is 5.97 Å². The van der Waals surface area contributed by atoms with Gasteiger partial charge in [-0.1, -0.05) is 6.07 Å². The topological polar surface area (TPSA) is 108 Å². The minimum Gasteiger partial charge on any atom is -0.481 e. The molecule has 0 aliphatic carbocycles. The number of hydrogen-bond acceptors (Lipinski definition) is 7. The molecule has 0 spiro atoms.